The lowest BCUT2D eigenvalue weighted by Crippen LogP contribution is -2.25. The maximum atomic E-state index is 12.2. The van der Waals surface area contributed by atoms with Gasteiger partial charge in [-0.1, -0.05) is 18.2 Å². The number of amides is 1. The molecule has 0 fully saturated rings. The average molecular weight is 309 g/mol. The molecule has 0 bridgehead atoms. The average Bonchev–Trinajstić information content (AvgIpc) is 3.30. The van der Waals surface area contributed by atoms with E-state index in [1.54, 1.807) is 0 Å². The second kappa shape index (κ2) is 5.64. The Morgan fingerprint density at radius 2 is 2.09 bits per heavy atom. The van der Waals surface area contributed by atoms with E-state index in [9.17, 15) is 4.79 Å². The third-order valence-electron chi connectivity index (χ3n) is 3.80. The minimum atomic E-state index is -0.275. The fourth-order valence-corrected chi connectivity index (χ4v) is 2.64. The normalized spacial score (nSPS) is 13.0. The highest BCUT2D eigenvalue weighted by molar-refractivity contribution is 5.91. The zero-order valence-electron chi connectivity index (χ0n) is 12.4. The van der Waals surface area contributed by atoms with Crippen LogP contribution >= 0.6 is 0 Å². The molecule has 0 saturated carbocycles. The van der Waals surface area contributed by atoms with Crippen LogP contribution in [0.1, 0.15) is 28.6 Å². The van der Waals surface area contributed by atoms with Crippen LogP contribution in [-0.4, -0.2) is 35.7 Å². The van der Waals surface area contributed by atoms with Crippen molar-refractivity contribution in [2.45, 2.75) is 25.9 Å². The summed E-state index contributed by atoms with van der Waals surface area (Å²) in [4.78, 5) is 13.6. The Bertz CT molecular complexity index is 837. The first kappa shape index (κ1) is 13.6. The lowest BCUT2D eigenvalue weighted by atomic mass is 10.3. The molecule has 1 aromatic carbocycles. The van der Waals surface area contributed by atoms with Gasteiger partial charge in [0.15, 0.2) is 11.5 Å². The van der Waals surface area contributed by atoms with Crippen LogP contribution in [0, 0.1) is 0 Å². The molecule has 1 N–H and O–H groups in total. The van der Waals surface area contributed by atoms with Crippen LogP contribution in [0.3, 0.4) is 0 Å². The maximum absolute atomic E-state index is 12.2. The molecule has 116 valence electrons. The van der Waals surface area contributed by atoms with E-state index in [2.05, 4.69) is 30.3 Å². The quantitative estimate of drug-likeness (QED) is 0.767. The van der Waals surface area contributed by atoms with E-state index >= 15 is 0 Å². The highest BCUT2D eigenvalue weighted by atomic mass is 16.2. The minimum absolute atomic E-state index is 0.273. The highest BCUT2D eigenvalue weighted by Crippen LogP contribution is 2.13. The van der Waals surface area contributed by atoms with Gasteiger partial charge in [-0.05, 0) is 18.6 Å². The number of hydrogen-bond donors (Lipinski definition) is 1. The van der Waals surface area contributed by atoms with Gasteiger partial charge in [-0.15, -0.1) is 15.3 Å². The number of carbonyl (C=O) groups excluding carboxylic acids is 1. The van der Waals surface area contributed by atoms with Crippen LogP contribution < -0.4 is 5.32 Å². The molecule has 23 heavy (non-hydrogen) atoms. The molecule has 0 aliphatic carbocycles. The van der Waals surface area contributed by atoms with E-state index < -0.39 is 0 Å². The first-order valence-electron chi connectivity index (χ1n) is 7.48. The van der Waals surface area contributed by atoms with E-state index in [0.29, 0.717) is 6.54 Å². The highest BCUT2D eigenvalue weighted by Gasteiger charge is 2.18. The molecule has 1 amide bonds. The summed E-state index contributed by atoms with van der Waals surface area (Å²) in [5.74, 6) is 1.49. The number of nitrogens with one attached hydrogen (secondary N) is 1. The molecule has 0 atom stereocenters. The summed E-state index contributed by atoms with van der Waals surface area (Å²) in [5.41, 5.74) is 1.08. The van der Waals surface area contributed by atoms with Crippen molar-refractivity contribution >= 4 is 5.91 Å². The molecule has 0 spiro atoms. The van der Waals surface area contributed by atoms with Crippen LogP contribution in [0.15, 0.2) is 36.5 Å². The van der Waals surface area contributed by atoms with Gasteiger partial charge in [0.25, 0.3) is 5.91 Å². The van der Waals surface area contributed by atoms with Crippen molar-refractivity contribution in [1.82, 2.24) is 35.1 Å². The van der Waals surface area contributed by atoms with E-state index in [4.69, 9.17) is 0 Å². The van der Waals surface area contributed by atoms with Crippen molar-refractivity contribution in [3.8, 4) is 5.69 Å². The van der Waals surface area contributed by atoms with E-state index in [-0.39, 0.29) is 11.6 Å². The Kier molecular flexibility index (Phi) is 3.34. The largest absolute Gasteiger partial charge is 0.343 e. The van der Waals surface area contributed by atoms with Gasteiger partial charge >= 0.3 is 0 Å². The fourth-order valence-electron chi connectivity index (χ4n) is 2.64. The molecule has 3 aromatic rings. The third-order valence-corrected chi connectivity index (χ3v) is 3.80. The molecule has 0 radical (unpaired) electrons. The molecule has 8 nitrogen and oxygen atoms in total. The van der Waals surface area contributed by atoms with Gasteiger partial charge in [-0.2, -0.15) is 9.90 Å². The molecule has 3 heterocycles. The summed E-state index contributed by atoms with van der Waals surface area (Å²) in [6.45, 7) is 1.25. The number of fused-ring (bicyclic) bond motifs is 1. The second-order valence-corrected chi connectivity index (χ2v) is 5.33. The summed E-state index contributed by atoms with van der Waals surface area (Å²) >= 11 is 0. The standard InChI is InChI=1S/C15H15N7O/c23-15(16-10-14-19-18-13-7-4-8-21(13)14)12-9-17-22(20-12)11-5-2-1-3-6-11/h1-3,5-6,9H,4,7-8,10H2,(H,16,23). The Balaban J connectivity index is 1.44. The molecule has 0 saturated heterocycles. The van der Waals surface area contributed by atoms with E-state index in [0.717, 1.165) is 36.7 Å². The summed E-state index contributed by atoms with van der Waals surface area (Å²) in [5, 5.41) is 19.4. The number of aromatic nitrogens is 6. The summed E-state index contributed by atoms with van der Waals surface area (Å²) in [6, 6.07) is 9.45. The molecular weight excluding hydrogens is 294 g/mol. The number of para-hydroxylation sites is 1. The van der Waals surface area contributed by atoms with Crippen molar-refractivity contribution < 1.29 is 4.79 Å². The molecule has 0 unspecified atom stereocenters. The Labute approximate surface area is 132 Å². The molecule has 1 aliphatic heterocycles. The van der Waals surface area contributed by atoms with Crippen LogP contribution in [0.4, 0.5) is 0 Å². The Morgan fingerprint density at radius 1 is 1.22 bits per heavy atom. The van der Waals surface area contributed by atoms with E-state index in [1.165, 1.54) is 11.0 Å². The predicted octanol–water partition coefficient (Wildman–Crippen LogP) is 0.735. The van der Waals surface area contributed by atoms with Crippen molar-refractivity contribution in [1.29, 1.82) is 0 Å². The first-order chi connectivity index (χ1) is 11.3. The lowest BCUT2D eigenvalue weighted by Gasteiger charge is -2.04. The van der Waals surface area contributed by atoms with Crippen molar-refractivity contribution in [3.63, 3.8) is 0 Å². The number of hydrogen-bond acceptors (Lipinski definition) is 5. The maximum Gasteiger partial charge on any atom is 0.273 e. The number of nitrogens with zero attached hydrogens (tertiary/aromatic N) is 6. The van der Waals surface area contributed by atoms with Gasteiger partial charge in [0, 0.05) is 13.0 Å². The van der Waals surface area contributed by atoms with Gasteiger partial charge in [0.2, 0.25) is 0 Å². The van der Waals surface area contributed by atoms with Crippen LogP contribution in [-0.2, 0) is 19.5 Å². The number of aryl methyl sites for hydroxylation is 1. The second-order valence-electron chi connectivity index (χ2n) is 5.33. The molecule has 1 aliphatic rings. The lowest BCUT2D eigenvalue weighted by molar-refractivity contribution is 0.0944. The van der Waals surface area contributed by atoms with Crippen LogP contribution in [0.5, 0.6) is 0 Å². The summed E-state index contributed by atoms with van der Waals surface area (Å²) < 4.78 is 2.06. The molecular formula is C15H15N7O. The zero-order valence-corrected chi connectivity index (χ0v) is 12.4. The van der Waals surface area contributed by atoms with Gasteiger partial charge in [-0.3, -0.25) is 4.79 Å². The van der Waals surface area contributed by atoms with Gasteiger partial charge < -0.3 is 9.88 Å². The third kappa shape index (κ3) is 2.59. The van der Waals surface area contributed by atoms with Crippen molar-refractivity contribution in [2.75, 3.05) is 0 Å². The summed E-state index contributed by atoms with van der Waals surface area (Å²) in [7, 11) is 0. The first-order valence-corrected chi connectivity index (χ1v) is 7.48. The van der Waals surface area contributed by atoms with Gasteiger partial charge in [0.1, 0.15) is 5.82 Å². The van der Waals surface area contributed by atoms with Crippen molar-refractivity contribution in [3.05, 3.63) is 53.9 Å². The fraction of sp³-hybridized carbons (Fsp3) is 0.267. The summed E-state index contributed by atoms with van der Waals surface area (Å²) in [6.07, 6.45) is 3.49. The van der Waals surface area contributed by atoms with Crippen molar-refractivity contribution in [2.24, 2.45) is 0 Å². The van der Waals surface area contributed by atoms with Crippen LogP contribution in [0.2, 0.25) is 0 Å². The van der Waals surface area contributed by atoms with Crippen LogP contribution in [0.25, 0.3) is 5.69 Å². The Hall–Kier alpha value is -3.03. The van der Waals surface area contributed by atoms with E-state index in [1.807, 2.05) is 30.3 Å². The molecule has 8 heteroatoms. The Morgan fingerprint density at radius 3 is 2.96 bits per heavy atom. The van der Waals surface area contributed by atoms with Gasteiger partial charge in [0.05, 0.1) is 18.4 Å². The van der Waals surface area contributed by atoms with Gasteiger partial charge in [-0.25, -0.2) is 0 Å². The zero-order chi connectivity index (χ0) is 15.6. The number of rotatable bonds is 4. The molecule has 4 rings (SSSR count). The topological polar surface area (TPSA) is 90.5 Å². The SMILES string of the molecule is O=C(NCc1nnc2n1CCC2)c1cnn(-c2ccccc2)n1. The predicted molar refractivity (Wildman–Crippen MR) is 80.9 cm³/mol. The monoisotopic (exact) mass is 309 g/mol. The minimum Gasteiger partial charge on any atom is -0.343 e. The smallest absolute Gasteiger partial charge is 0.273 e. The number of carbonyl (C=O) groups is 1. The molecule has 2 aromatic heterocycles. The number of benzene rings is 1.